The van der Waals surface area contributed by atoms with E-state index in [-0.39, 0.29) is 5.97 Å². The fraction of sp³-hybridized carbons (Fsp3) is 0.381. The van der Waals surface area contributed by atoms with Crippen molar-refractivity contribution >= 4 is 17.7 Å². The topological polar surface area (TPSA) is 35.5 Å². The predicted octanol–water partition coefficient (Wildman–Crippen LogP) is 6.00. The summed E-state index contributed by atoms with van der Waals surface area (Å²) in [6.07, 6.45) is 0. The van der Waals surface area contributed by atoms with E-state index in [4.69, 9.17) is 9.47 Å². The van der Waals surface area contributed by atoms with Gasteiger partial charge in [0.15, 0.2) is 0 Å². The molecule has 0 radical (unpaired) electrons. The fourth-order valence-electron chi connectivity index (χ4n) is 2.08. The summed E-state index contributed by atoms with van der Waals surface area (Å²) in [6.45, 7) is 11.4. The molecule has 2 rings (SSSR count). The Morgan fingerprint density at radius 1 is 0.920 bits per heavy atom. The molecule has 134 valence electrons. The molecule has 0 fully saturated rings. The average molecular weight is 359 g/mol. The van der Waals surface area contributed by atoms with Crippen LogP contribution in [-0.2, 0) is 9.53 Å². The van der Waals surface area contributed by atoms with Gasteiger partial charge in [0.1, 0.15) is 21.8 Å². The van der Waals surface area contributed by atoms with Crippen molar-refractivity contribution in [1.82, 2.24) is 0 Å². The zero-order chi connectivity index (χ0) is 18.7. The van der Waals surface area contributed by atoms with Crippen LogP contribution < -0.4 is 4.74 Å². The van der Waals surface area contributed by atoms with Gasteiger partial charge in [-0.3, -0.25) is 4.79 Å². The summed E-state index contributed by atoms with van der Waals surface area (Å²) in [5.74, 6) is 1.31. The van der Waals surface area contributed by atoms with Crippen molar-refractivity contribution in [1.29, 1.82) is 0 Å². The van der Waals surface area contributed by atoms with Crippen LogP contribution in [0.25, 0.3) is 0 Å². The minimum Gasteiger partial charge on any atom is -0.459 e. The van der Waals surface area contributed by atoms with Gasteiger partial charge in [0.25, 0.3) is 0 Å². The lowest BCUT2D eigenvalue weighted by atomic mass is 10.1. The van der Waals surface area contributed by atoms with Crippen molar-refractivity contribution in [3.63, 3.8) is 0 Å². The van der Waals surface area contributed by atoms with Crippen LogP contribution in [0.2, 0.25) is 0 Å². The standard InChI is InChI=1S/C21H26O3S/c1-15-10-12-16(13-11-15)23-17-8-7-9-18(14-17)25-21(5,6)19(22)24-20(2,3)4/h7-14H,1-6H3. The molecule has 0 saturated heterocycles. The highest BCUT2D eigenvalue weighted by Gasteiger charge is 2.33. The van der Waals surface area contributed by atoms with Crippen molar-refractivity contribution in [3.8, 4) is 11.5 Å². The number of thioether (sulfide) groups is 1. The molecule has 25 heavy (non-hydrogen) atoms. The Morgan fingerprint density at radius 3 is 2.16 bits per heavy atom. The zero-order valence-electron chi connectivity index (χ0n) is 15.8. The van der Waals surface area contributed by atoms with Gasteiger partial charge in [-0.05, 0) is 71.9 Å². The van der Waals surface area contributed by atoms with Crippen molar-refractivity contribution in [2.75, 3.05) is 0 Å². The molecule has 0 amide bonds. The van der Waals surface area contributed by atoms with E-state index in [2.05, 4.69) is 0 Å². The van der Waals surface area contributed by atoms with Crippen LogP contribution in [0.3, 0.4) is 0 Å². The van der Waals surface area contributed by atoms with Crippen LogP contribution in [0.1, 0.15) is 40.2 Å². The van der Waals surface area contributed by atoms with E-state index in [1.54, 1.807) is 0 Å². The molecule has 0 heterocycles. The maximum Gasteiger partial charge on any atom is 0.322 e. The number of carbonyl (C=O) groups excluding carboxylic acids is 1. The van der Waals surface area contributed by atoms with Gasteiger partial charge in [0.05, 0.1) is 0 Å². The van der Waals surface area contributed by atoms with Crippen molar-refractivity contribution in [2.45, 2.75) is 56.8 Å². The molecule has 0 aliphatic rings. The minimum atomic E-state index is -0.685. The lowest BCUT2D eigenvalue weighted by molar-refractivity contribution is -0.156. The molecule has 0 aromatic heterocycles. The van der Waals surface area contributed by atoms with Gasteiger partial charge in [-0.2, -0.15) is 0 Å². The number of rotatable bonds is 5. The lowest BCUT2D eigenvalue weighted by Gasteiger charge is -2.28. The van der Waals surface area contributed by atoms with E-state index >= 15 is 0 Å². The van der Waals surface area contributed by atoms with E-state index in [1.165, 1.54) is 17.3 Å². The fourth-order valence-corrected chi connectivity index (χ4v) is 3.12. The van der Waals surface area contributed by atoms with Crippen LogP contribution in [0.4, 0.5) is 0 Å². The van der Waals surface area contributed by atoms with Gasteiger partial charge in [0.2, 0.25) is 0 Å². The minimum absolute atomic E-state index is 0.227. The number of carbonyl (C=O) groups is 1. The third-order valence-electron chi connectivity index (χ3n) is 3.33. The van der Waals surface area contributed by atoms with E-state index in [0.29, 0.717) is 0 Å². The molecular formula is C21H26O3S. The average Bonchev–Trinajstić information content (AvgIpc) is 2.48. The van der Waals surface area contributed by atoms with Crippen molar-refractivity contribution in [3.05, 3.63) is 54.1 Å². The number of hydrogen-bond donors (Lipinski definition) is 0. The Kier molecular flexibility index (Phi) is 5.83. The summed E-state index contributed by atoms with van der Waals surface area (Å²) in [5.41, 5.74) is 0.696. The van der Waals surface area contributed by atoms with Crippen molar-refractivity contribution < 1.29 is 14.3 Å². The molecule has 0 N–H and O–H groups in total. The summed E-state index contributed by atoms with van der Waals surface area (Å²) in [4.78, 5) is 13.4. The second-order valence-electron chi connectivity index (χ2n) is 7.50. The number of benzene rings is 2. The van der Waals surface area contributed by atoms with Crippen LogP contribution in [-0.4, -0.2) is 16.3 Å². The first-order valence-electron chi connectivity index (χ1n) is 8.32. The largest absolute Gasteiger partial charge is 0.459 e. The molecule has 0 bridgehead atoms. The highest BCUT2D eigenvalue weighted by Crippen LogP contribution is 2.36. The molecule has 4 heteroatoms. The zero-order valence-corrected chi connectivity index (χ0v) is 16.6. The normalized spacial score (nSPS) is 11.9. The summed E-state index contributed by atoms with van der Waals surface area (Å²) in [6, 6.07) is 15.7. The van der Waals surface area contributed by atoms with Gasteiger partial charge in [-0.25, -0.2) is 0 Å². The Bertz CT molecular complexity index is 728. The Morgan fingerprint density at radius 2 is 1.56 bits per heavy atom. The monoisotopic (exact) mass is 358 g/mol. The van der Waals surface area contributed by atoms with Crippen molar-refractivity contribution in [2.24, 2.45) is 0 Å². The molecule has 3 nitrogen and oxygen atoms in total. The highest BCUT2D eigenvalue weighted by atomic mass is 32.2. The van der Waals surface area contributed by atoms with Crippen LogP contribution in [0.15, 0.2) is 53.4 Å². The van der Waals surface area contributed by atoms with E-state index in [0.717, 1.165) is 16.4 Å². The molecule has 0 unspecified atom stereocenters. The molecule has 2 aromatic rings. The molecule has 0 aliphatic heterocycles. The molecule has 2 aromatic carbocycles. The molecule has 0 spiro atoms. The lowest BCUT2D eigenvalue weighted by Crippen LogP contribution is -2.36. The van der Waals surface area contributed by atoms with Gasteiger partial charge in [0, 0.05) is 4.90 Å². The maximum absolute atomic E-state index is 12.4. The Balaban J connectivity index is 2.10. The first-order valence-corrected chi connectivity index (χ1v) is 9.14. The van der Waals surface area contributed by atoms with E-state index < -0.39 is 10.3 Å². The smallest absolute Gasteiger partial charge is 0.322 e. The summed E-state index contributed by atoms with van der Waals surface area (Å²) < 4.78 is 10.7. The van der Waals surface area contributed by atoms with E-state index in [9.17, 15) is 4.79 Å². The summed E-state index contributed by atoms with van der Waals surface area (Å²) in [5, 5.41) is 0. The summed E-state index contributed by atoms with van der Waals surface area (Å²) >= 11 is 1.47. The number of aryl methyl sites for hydroxylation is 1. The maximum atomic E-state index is 12.4. The van der Waals surface area contributed by atoms with Gasteiger partial charge in [-0.15, -0.1) is 11.8 Å². The van der Waals surface area contributed by atoms with Gasteiger partial charge < -0.3 is 9.47 Å². The number of hydrogen-bond acceptors (Lipinski definition) is 4. The Hall–Kier alpha value is -1.94. The summed E-state index contributed by atoms with van der Waals surface area (Å²) in [7, 11) is 0. The molecule has 0 aliphatic carbocycles. The Labute approximate surface area is 154 Å². The third-order valence-corrected chi connectivity index (χ3v) is 4.49. The van der Waals surface area contributed by atoms with Crippen LogP contribution >= 0.6 is 11.8 Å². The quantitative estimate of drug-likeness (QED) is 0.485. The van der Waals surface area contributed by atoms with Crippen LogP contribution in [0.5, 0.6) is 11.5 Å². The molecular weight excluding hydrogens is 332 g/mol. The highest BCUT2D eigenvalue weighted by molar-refractivity contribution is 8.01. The number of esters is 1. The SMILES string of the molecule is Cc1ccc(Oc2cccc(SC(C)(C)C(=O)OC(C)(C)C)c2)cc1. The first kappa shape index (κ1) is 19.4. The number of ether oxygens (including phenoxy) is 2. The third kappa shape index (κ3) is 6.13. The molecule has 0 atom stereocenters. The van der Waals surface area contributed by atoms with Crippen LogP contribution in [0, 0.1) is 6.92 Å². The second-order valence-corrected chi connectivity index (χ2v) is 9.20. The first-order chi connectivity index (χ1) is 11.5. The van der Waals surface area contributed by atoms with Gasteiger partial charge in [-0.1, -0.05) is 23.8 Å². The second kappa shape index (κ2) is 7.52. The molecule has 0 saturated carbocycles. The van der Waals surface area contributed by atoms with E-state index in [1.807, 2.05) is 90.1 Å². The van der Waals surface area contributed by atoms with Gasteiger partial charge >= 0.3 is 5.97 Å². The predicted molar refractivity (Wildman–Crippen MR) is 103 cm³/mol.